The number of carbonyl (C=O) groups excluding carboxylic acids is 1. The van der Waals surface area contributed by atoms with Gasteiger partial charge in [0.1, 0.15) is 11.8 Å². The lowest BCUT2D eigenvalue weighted by atomic mass is 9.96. The van der Waals surface area contributed by atoms with Gasteiger partial charge in [-0.15, -0.1) is 0 Å². The molecule has 5 heteroatoms. The summed E-state index contributed by atoms with van der Waals surface area (Å²) in [7, 11) is 1.70. The number of hydrogen-bond acceptors (Lipinski definition) is 2. The molecule has 0 aliphatic carbocycles. The zero-order valence-corrected chi connectivity index (χ0v) is 19.7. The summed E-state index contributed by atoms with van der Waals surface area (Å²) < 4.78 is 5.36. The monoisotopic (exact) mass is 454 g/mol. The van der Waals surface area contributed by atoms with Crippen LogP contribution in [0.25, 0.3) is 10.9 Å². The van der Waals surface area contributed by atoms with Gasteiger partial charge >= 0.3 is 0 Å². The van der Waals surface area contributed by atoms with Crippen molar-refractivity contribution in [3.05, 3.63) is 102 Å². The van der Waals surface area contributed by atoms with E-state index in [0.717, 1.165) is 43.9 Å². The third kappa shape index (κ3) is 4.70. The number of aryl methyl sites for hydroxylation is 1. The number of aromatic nitrogens is 1. The highest BCUT2D eigenvalue weighted by molar-refractivity contribution is 5.84. The molecule has 2 N–H and O–H groups in total. The summed E-state index contributed by atoms with van der Waals surface area (Å²) in [6.07, 6.45) is 3.37. The van der Waals surface area contributed by atoms with Crippen LogP contribution < -0.4 is 9.64 Å². The second-order valence-corrected chi connectivity index (χ2v) is 9.02. The number of rotatable bonds is 7. The highest BCUT2D eigenvalue weighted by Gasteiger charge is 2.31. The third-order valence-electron chi connectivity index (χ3n) is 7.03. The molecule has 0 bridgehead atoms. The lowest BCUT2D eigenvalue weighted by molar-refractivity contribution is -0.929. The minimum atomic E-state index is 0.246. The van der Waals surface area contributed by atoms with Crippen LogP contribution in [0.3, 0.4) is 0 Å². The van der Waals surface area contributed by atoms with Gasteiger partial charge in [0, 0.05) is 34.6 Å². The fourth-order valence-electron chi connectivity index (χ4n) is 5.18. The van der Waals surface area contributed by atoms with Gasteiger partial charge in [0.25, 0.3) is 0 Å². The fraction of sp³-hybridized carbons (Fsp3) is 0.276. The molecule has 1 saturated heterocycles. The SMILES string of the molecule is COc1ccc([C@H](c2ccccc2)[NH+]2CCN(C(=O)CCc3c[nH]c4ccccc34)CC2)cc1. The number of nitrogens with zero attached hydrogens (tertiary/aromatic N) is 1. The molecule has 1 amide bonds. The van der Waals surface area contributed by atoms with Gasteiger partial charge in [-0.25, -0.2) is 0 Å². The van der Waals surface area contributed by atoms with Gasteiger partial charge in [-0.3, -0.25) is 4.79 Å². The maximum Gasteiger partial charge on any atom is 0.223 e. The van der Waals surface area contributed by atoms with Gasteiger partial charge < -0.3 is 19.5 Å². The van der Waals surface area contributed by atoms with Crippen molar-refractivity contribution >= 4 is 16.8 Å². The molecule has 5 rings (SSSR count). The fourth-order valence-corrected chi connectivity index (χ4v) is 5.18. The number of H-pyrrole nitrogens is 1. The van der Waals surface area contributed by atoms with Crippen molar-refractivity contribution < 1.29 is 14.4 Å². The Morgan fingerprint density at radius 3 is 2.35 bits per heavy atom. The van der Waals surface area contributed by atoms with Crippen LogP contribution in [-0.4, -0.2) is 49.1 Å². The van der Waals surface area contributed by atoms with Crippen molar-refractivity contribution in [1.29, 1.82) is 0 Å². The normalized spacial score (nSPS) is 15.4. The zero-order valence-electron chi connectivity index (χ0n) is 19.7. The zero-order chi connectivity index (χ0) is 23.3. The Morgan fingerprint density at radius 1 is 0.941 bits per heavy atom. The molecule has 1 atom stereocenters. The molecule has 0 spiro atoms. The van der Waals surface area contributed by atoms with E-state index in [2.05, 4.69) is 70.5 Å². The number of carbonyl (C=O) groups is 1. The van der Waals surface area contributed by atoms with E-state index in [1.165, 1.54) is 27.0 Å². The van der Waals surface area contributed by atoms with Gasteiger partial charge in [0.2, 0.25) is 5.91 Å². The molecular weight excluding hydrogens is 422 g/mol. The number of nitrogens with one attached hydrogen (secondary N) is 2. The molecular formula is C29H32N3O2+. The lowest BCUT2D eigenvalue weighted by Crippen LogP contribution is -3.15. The number of fused-ring (bicyclic) bond motifs is 1. The van der Waals surface area contributed by atoms with Crippen LogP contribution in [0, 0.1) is 0 Å². The highest BCUT2D eigenvalue weighted by Crippen LogP contribution is 2.23. The van der Waals surface area contributed by atoms with Gasteiger partial charge in [0.15, 0.2) is 0 Å². The van der Waals surface area contributed by atoms with Crippen molar-refractivity contribution in [2.75, 3.05) is 33.3 Å². The molecule has 1 aliphatic heterocycles. The van der Waals surface area contributed by atoms with Gasteiger partial charge in [-0.2, -0.15) is 0 Å². The van der Waals surface area contributed by atoms with E-state index < -0.39 is 0 Å². The Morgan fingerprint density at radius 2 is 1.62 bits per heavy atom. The number of para-hydroxylation sites is 1. The molecule has 34 heavy (non-hydrogen) atoms. The number of quaternary nitrogens is 1. The number of piperazine rings is 1. The average Bonchev–Trinajstić information content (AvgIpc) is 3.32. The van der Waals surface area contributed by atoms with E-state index in [9.17, 15) is 4.79 Å². The minimum Gasteiger partial charge on any atom is -0.497 e. The summed E-state index contributed by atoms with van der Waals surface area (Å²) in [5.74, 6) is 1.13. The van der Waals surface area contributed by atoms with Crippen LogP contribution in [0.2, 0.25) is 0 Å². The van der Waals surface area contributed by atoms with E-state index in [1.807, 2.05) is 24.4 Å². The van der Waals surface area contributed by atoms with Crippen molar-refractivity contribution in [2.24, 2.45) is 0 Å². The molecule has 3 aromatic carbocycles. The summed E-state index contributed by atoms with van der Waals surface area (Å²) in [5, 5.41) is 1.22. The Hall–Kier alpha value is -3.57. The molecule has 4 aromatic rings. The Kier molecular flexibility index (Phi) is 6.63. The molecule has 0 radical (unpaired) electrons. The number of benzene rings is 3. The Labute approximate surface area is 201 Å². The Bertz CT molecular complexity index is 1230. The first-order chi connectivity index (χ1) is 16.7. The predicted octanol–water partition coefficient (Wildman–Crippen LogP) is 3.63. The summed E-state index contributed by atoms with van der Waals surface area (Å²) in [6, 6.07) is 27.6. The summed E-state index contributed by atoms with van der Waals surface area (Å²) in [5.41, 5.74) is 4.94. The first-order valence-electron chi connectivity index (χ1n) is 12.1. The third-order valence-corrected chi connectivity index (χ3v) is 7.03. The number of hydrogen-bond donors (Lipinski definition) is 2. The summed E-state index contributed by atoms with van der Waals surface area (Å²) >= 11 is 0. The quantitative estimate of drug-likeness (QED) is 0.448. The number of methoxy groups -OCH3 is 1. The molecule has 1 aliphatic rings. The predicted molar refractivity (Wildman–Crippen MR) is 135 cm³/mol. The van der Waals surface area contributed by atoms with Crippen LogP contribution in [0.15, 0.2) is 85.1 Å². The second kappa shape index (κ2) is 10.1. The van der Waals surface area contributed by atoms with Gasteiger partial charge in [-0.05, 0) is 42.3 Å². The van der Waals surface area contributed by atoms with Crippen molar-refractivity contribution in [3.8, 4) is 5.75 Å². The van der Waals surface area contributed by atoms with E-state index in [1.54, 1.807) is 7.11 Å². The largest absolute Gasteiger partial charge is 0.497 e. The first-order valence-corrected chi connectivity index (χ1v) is 12.1. The summed E-state index contributed by atoms with van der Waals surface area (Å²) in [6.45, 7) is 3.46. The van der Waals surface area contributed by atoms with Gasteiger partial charge in [-0.1, -0.05) is 48.5 Å². The average molecular weight is 455 g/mol. The molecule has 1 fully saturated rings. The number of ether oxygens (including phenoxy) is 1. The second-order valence-electron chi connectivity index (χ2n) is 9.02. The number of aromatic amines is 1. The first kappa shape index (κ1) is 22.2. The maximum atomic E-state index is 13.0. The number of amides is 1. The smallest absolute Gasteiger partial charge is 0.223 e. The van der Waals surface area contributed by atoms with Crippen LogP contribution in [0.1, 0.15) is 29.2 Å². The molecule has 5 nitrogen and oxygen atoms in total. The van der Waals surface area contributed by atoms with Crippen LogP contribution in [0.4, 0.5) is 0 Å². The van der Waals surface area contributed by atoms with Crippen LogP contribution in [-0.2, 0) is 11.2 Å². The molecule has 1 aromatic heterocycles. The van der Waals surface area contributed by atoms with Crippen molar-refractivity contribution in [1.82, 2.24) is 9.88 Å². The van der Waals surface area contributed by atoms with E-state index in [4.69, 9.17) is 4.74 Å². The minimum absolute atomic E-state index is 0.246. The molecule has 0 unspecified atom stereocenters. The van der Waals surface area contributed by atoms with Crippen LogP contribution >= 0.6 is 0 Å². The van der Waals surface area contributed by atoms with E-state index in [-0.39, 0.29) is 11.9 Å². The maximum absolute atomic E-state index is 13.0. The van der Waals surface area contributed by atoms with Crippen molar-refractivity contribution in [3.63, 3.8) is 0 Å². The summed E-state index contributed by atoms with van der Waals surface area (Å²) in [4.78, 5) is 19.9. The van der Waals surface area contributed by atoms with Gasteiger partial charge in [0.05, 0.1) is 33.3 Å². The van der Waals surface area contributed by atoms with Crippen molar-refractivity contribution in [2.45, 2.75) is 18.9 Å². The molecule has 2 heterocycles. The molecule has 174 valence electrons. The highest BCUT2D eigenvalue weighted by atomic mass is 16.5. The molecule has 0 saturated carbocycles. The van der Waals surface area contributed by atoms with E-state index >= 15 is 0 Å². The Balaban J connectivity index is 1.24. The lowest BCUT2D eigenvalue weighted by Gasteiger charge is -2.37. The van der Waals surface area contributed by atoms with E-state index in [0.29, 0.717) is 6.42 Å². The van der Waals surface area contributed by atoms with Crippen LogP contribution in [0.5, 0.6) is 5.75 Å². The standard InChI is InChI=1S/C29H31N3O2/c1-34-25-14-11-23(12-15-25)29(22-7-3-2-4-8-22)32-19-17-31(18-20-32)28(33)16-13-24-21-30-27-10-6-5-9-26(24)27/h2-12,14-15,21,29-30H,13,16-20H2,1H3/p+1/t29-/m0/s1. The topological polar surface area (TPSA) is 49.8 Å².